The van der Waals surface area contributed by atoms with E-state index in [9.17, 15) is 14.9 Å². The number of halogens is 1. The van der Waals surface area contributed by atoms with Gasteiger partial charge in [0.25, 0.3) is 0 Å². The third-order valence-corrected chi connectivity index (χ3v) is 2.68. The first kappa shape index (κ1) is 18.3. The van der Waals surface area contributed by atoms with Crippen molar-refractivity contribution in [1.29, 1.82) is 0 Å². The quantitative estimate of drug-likeness (QED) is 0.545. The Hall–Kier alpha value is -1.67. The molecule has 0 aliphatic rings. The van der Waals surface area contributed by atoms with Crippen molar-refractivity contribution < 1.29 is 9.72 Å². The third kappa shape index (κ3) is 5.98. The first-order valence-corrected chi connectivity index (χ1v) is 6.24. The van der Waals surface area contributed by atoms with Crippen LogP contribution in [0.5, 0.6) is 0 Å². The second kappa shape index (κ2) is 9.27. The highest BCUT2D eigenvalue weighted by Gasteiger charge is 2.15. The summed E-state index contributed by atoms with van der Waals surface area (Å²) < 4.78 is 1.24. The van der Waals surface area contributed by atoms with Crippen LogP contribution in [-0.4, -0.2) is 33.2 Å². The van der Waals surface area contributed by atoms with E-state index in [2.05, 4.69) is 17.3 Å². The van der Waals surface area contributed by atoms with Gasteiger partial charge in [0.1, 0.15) is 6.54 Å². The summed E-state index contributed by atoms with van der Waals surface area (Å²) in [5.41, 5.74) is 5.57. The van der Waals surface area contributed by atoms with Crippen LogP contribution in [0.1, 0.15) is 26.2 Å². The molecule has 0 bridgehead atoms. The van der Waals surface area contributed by atoms with Crippen LogP contribution in [0.25, 0.3) is 0 Å². The summed E-state index contributed by atoms with van der Waals surface area (Å²) >= 11 is 0. The molecule has 0 radical (unpaired) electrons. The van der Waals surface area contributed by atoms with Gasteiger partial charge in [0.2, 0.25) is 5.91 Å². The molecular formula is C11H20ClN5O3. The second-order valence-corrected chi connectivity index (χ2v) is 4.27. The molecule has 0 fully saturated rings. The molecule has 1 atom stereocenters. The molecule has 0 aromatic carbocycles. The number of carbonyl (C=O) groups is 1. The van der Waals surface area contributed by atoms with Crippen molar-refractivity contribution in [3.8, 4) is 0 Å². The Balaban J connectivity index is 0.00000361. The Morgan fingerprint density at radius 2 is 2.35 bits per heavy atom. The summed E-state index contributed by atoms with van der Waals surface area (Å²) in [7, 11) is 0. The number of rotatable bonds is 8. The van der Waals surface area contributed by atoms with E-state index in [1.807, 2.05) is 0 Å². The summed E-state index contributed by atoms with van der Waals surface area (Å²) in [5.74, 6) is -0.515. The van der Waals surface area contributed by atoms with Crippen LogP contribution in [0.2, 0.25) is 0 Å². The predicted molar refractivity (Wildman–Crippen MR) is 76.6 cm³/mol. The predicted octanol–water partition coefficient (Wildman–Crippen LogP) is 0.847. The minimum absolute atomic E-state index is 0. The first-order valence-electron chi connectivity index (χ1n) is 6.24. The van der Waals surface area contributed by atoms with Gasteiger partial charge in [-0.2, -0.15) is 4.68 Å². The van der Waals surface area contributed by atoms with E-state index in [1.165, 1.54) is 16.9 Å². The molecule has 0 aliphatic carbocycles. The molecule has 1 amide bonds. The Morgan fingerprint density at radius 1 is 1.65 bits per heavy atom. The lowest BCUT2D eigenvalue weighted by atomic mass is 10.1. The van der Waals surface area contributed by atoms with E-state index in [0.29, 0.717) is 6.54 Å². The molecule has 8 nitrogen and oxygen atoms in total. The molecule has 1 rings (SSSR count). The first-order chi connectivity index (χ1) is 9.06. The van der Waals surface area contributed by atoms with Gasteiger partial charge in [-0.3, -0.25) is 4.79 Å². The Morgan fingerprint density at radius 3 is 2.85 bits per heavy atom. The zero-order chi connectivity index (χ0) is 14.3. The monoisotopic (exact) mass is 305 g/mol. The summed E-state index contributed by atoms with van der Waals surface area (Å²) in [6.45, 7) is 2.40. The van der Waals surface area contributed by atoms with Crippen LogP contribution in [-0.2, 0) is 11.3 Å². The van der Waals surface area contributed by atoms with Crippen LogP contribution in [0.15, 0.2) is 12.3 Å². The van der Waals surface area contributed by atoms with Gasteiger partial charge < -0.3 is 21.2 Å². The van der Waals surface area contributed by atoms with Crippen LogP contribution < -0.4 is 11.1 Å². The van der Waals surface area contributed by atoms with Gasteiger partial charge in [-0.1, -0.05) is 19.8 Å². The average molecular weight is 306 g/mol. The minimum atomic E-state index is -0.599. The lowest BCUT2D eigenvalue weighted by Crippen LogP contribution is -2.41. The zero-order valence-corrected chi connectivity index (χ0v) is 12.1. The zero-order valence-electron chi connectivity index (χ0n) is 11.3. The smallest absolute Gasteiger partial charge is 0.358 e. The van der Waals surface area contributed by atoms with E-state index in [4.69, 9.17) is 5.73 Å². The number of carbonyl (C=O) groups excluding carboxylic acids is 1. The normalized spacial score (nSPS) is 11.5. The molecule has 0 spiro atoms. The fourth-order valence-electron chi connectivity index (χ4n) is 1.66. The summed E-state index contributed by atoms with van der Waals surface area (Å²) in [6, 6.07) is 1.20. The number of nitrogens with zero attached hydrogens (tertiary/aromatic N) is 3. The second-order valence-electron chi connectivity index (χ2n) is 4.27. The molecule has 0 saturated carbocycles. The maximum atomic E-state index is 11.7. The average Bonchev–Trinajstić information content (AvgIpc) is 2.83. The molecule has 1 aromatic heterocycles. The van der Waals surface area contributed by atoms with E-state index in [1.54, 1.807) is 0 Å². The van der Waals surface area contributed by atoms with Gasteiger partial charge in [-0.05, 0) is 11.3 Å². The maximum Gasteiger partial charge on any atom is 0.389 e. The number of hydrogen-bond donors (Lipinski definition) is 2. The molecule has 3 N–H and O–H groups in total. The molecule has 20 heavy (non-hydrogen) atoms. The Bertz CT molecular complexity index is 437. The van der Waals surface area contributed by atoms with Gasteiger partial charge >= 0.3 is 5.82 Å². The molecule has 1 unspecified atom stereocenters. The number of aromatic nitrogens is 2. The highest BCUT2D eigenvalue weighted by atomic mass is 35.5. The molecule has 1 aromatic rings. The lowest BCUT2D eigenvalue weighted by Gasteiger charge is -2.15. The van der Waals surface area contributed by atoms with E-state index < -0.39 is 4.92 Å². The highest BCUT2D eigenvalue weighted by Crippen LogP contribution is 2.05. The van der Waals surface area contributed by atoms with Crippen LogP contribution in [0.4, 0.5) is 5.82 Å². The van der Waals surface area contributed by atoms with Crippen molar-refractivity contribution in [3.63, 3.8) is 0 Å². The summed E-state index contributed by atoms with van der Waals surface area (Å²) in [5, 5.41) is 16.9. The van der Waals surface area contributed by atoms with Gasteiger partial charge in [0, 0.05) is 12.6 Å². The number of unbranched alkanes of at least 4 members (excludes halogenated alkanes) is 1. The van der Waals surface area contributed by atoms with E-state index in [0.717, 1.165) is 19.3 Å². The van der Waals surface area contributed by atoms with E-state index in [-0.39, 0.29) is 36.7 Å². The SMILES string of the molecule is CCCCC(CN)NC(=O)Cn1ccc([N+](=O)[O-])n1.Cl. The molecule has 0 saturated heterocycles. The van der Waals surface area contributed by atoms with Crippen molar-refractivity contribution in [2.24, 2.45) is 5.73 Å². The number of nitrogens with one attached hydrogen (secondary N) is 1. The van der Waals surface area contributed by atoms with E-state index >= 15 is 0 Å². The van der Waals surface area contributed by atoms with Crippen molar-refractivity contribution in [2.75, 3.05) is 6.54 Å². The largest absolute Gasteiger partial charge is 0.389 e. The number of nitrogens with two attached hydrogens (primary N) is 1. The van der Waals surface area contributed by atoms with Gasteiger partial charge in [0.15, 0.2) is 0 Å². The number of nitro groups is 1. The third-order valence-electron chi connectivity index (χ3n) is 2.68. The van der Waals surface area contributed by atoms with Crippen molar-refractivity contribution >= 4 is 24.1 Å². The molecular weight excluding hydrogens is 286 g/mol. The van der Waals surface area contributed by atoms with Crippen molar-refractivity contribution in [3.05, 3.63) is 22.4 Å². The maximum absolute atomic E-state index is 11.7. The number of hydrogen-bond acceptors (Lipinski definition) is 5. The Labute approximate surface area is 123 Å². The van der Waals surface area contributed by atoms with Gasteiger partial charge in [0.05, 0.1) is 17.4 Å². The van der Waals surface area contributed by atoms with Crippen molar-refractivity contribution in [1.82, 2.24) is 15.1 Å². The highest BCUT2D eigenvalue weighted by molar-refractivity contribution is 5.85. The van der Waals surface area contributed by atoms with Crippen LogP contribution in [0, 0.1) is 10.1 Å². The van der Waals surface area contributed by atoms with Gasteiger partial charge in [-0.25, -0.2) is 0 Å². The topological polar surface area (TPSA) is 116 Å². The molecule has 9 heteroatoms. The number of amides is 1. The fraction of sp³-hybridized carbons (Fsp3) is 0.636. The van der Waals surface area contributed by atoms with Crippen molar-refractivity contribution in [2.45, 2.75) is 38.8 Å². The molecule has 1 heterocycles. The minimum Gasteiger partial charge on any atom is -0.358 e. The van der Waals surface area contributed by atoms with Crippen LogP contribution >= 0.6 is 12.4 Å². The molecule has 114 valence electrons. The lowest BCUT2D eigenvalue weighted by molar-refractivity contribution is -0.389. The fourth-order valence-corrected chi connectivity index (χ4v) is 1.66. The molecule has 0 aliphatic heterocycles. The summed E-state index contributed by atoms with van der Waals surface area (Å²) in [6.07, 6.45) is 4.27. The summed E-state index contributed by atoms with van der Waals surface area (Å²) in [4.78, 5) is 21.6. The Kier molecular flexibility index (Phi) is 8.49. The van der Waals surface area contributed by atoms with Gasteiger partial charge in [-0.15, -0.1) is 12.4 Å². The standard InChI is InChI=1S/C11H19N5O3.ClH/c1-2-3-4-9(7-12)13-11(17)8-15-6-5-10(14-15)16(18)19;/h5-6,9H,2-4,7-8,12H2,1H3,(H,13,17);1H. The van der Waals surface area contributed by atoms with Crippen LogP contribution in [0.3, 0.4) is 0 Å².